The molecule has 0 bridgehead atoms. The van der Waals surface area contributed by atoms with E-state index in [0.29, 0.717) is 16.8 Å². The number of nitrogens with one attached hydrogen (secondary N) is 1. The maximum atomic E-state index is 13.2. The molecule has 106 valence electrons. The molecule has 0 aliphatic carbocycles. The van der Waals surface area contributed by atoms with E-state index in [1.807, 2.05) is 12.1 Å². The molecule has 5 nitrogen and oxygen atoms in total. The highest BCUT2D eigenvalue weighted by Crippen LogP contribution is 2.18. The number of pyridine rings is 1. The number of rotatable bonds is 4. The summed E-state index contributed by atoms with van der Waals surface area (Å²) in [6, 6.07) is 8.68. The maximum absolute atomic E-state index is 13.2. The van der Waals surface area contributed by atoms with Crippen LogP contribution in [-0.4, -0.2) is 19.7 Å². The van der Waals surface area contributed by atoms with Crippen molar-refractivity contribution >= 4 is 21.6 Å². The van der Waals surface area contributed by atoms with Crippen LogP contribution in [0.4, 0.5) is 10.1 Å². The van der Waals surface area contributed by atoms with Gasteiger partial charge in [-0.1, -0.05) is 6.07 Å². The second kappa shape index (κ2) is 6.01. The third kappa shape index (κ3) is 3.25. The molecule has 0 saturated heterocycles. The molecule has 0 spiro atoms. The lowest BCUT2D eigenvalue weighted by atomic mass is 10.2. The van der Waals surface area contributed by atoms with Crippen LogP contribution in [0.15, 0.2) is 53.7 Å². The van der Waals surface area contributed by atoms with Crippen molar-refractivity contribution in [3.63, 3.8) is 0 Å². The molecule has 0 radical (unpaired) electrons. The Morgan fingerprint density at radius 2 is 2.14 bits per heavy atom. The van der Waals surface area contributed by atoms with Gasteiger partial charge in [0, 0.05) is 6.54 Å². The molecule has 1 aromatic carbocycles. The van der Waals surface area contributed by atoms with Gasteiger partial charge in [-0.2, -0.15) is 5.10 Å². The minimum Gasteiger partial charge on any atom is -0.380 e. The van der Waals surface area contributed by atoms with Crippen molar-refractivity contribution in [3.05, 3.63) is 65.0 Å². The molecule has 0 saturated carbocycles. The topological polar surface area (TPSA) is 55.6 Å². The van der Waals surface area contributed by atoms with Gasteiger partial charge in [0.1, 0.15) is 18.5 Å². The summed E-state index contributed by atoms with van der Waals surface area (Å²) in [6.45, 7) is 0.587. The van der Waals surface area contributed by atoms with E-state index in [0.717, 1.165) is 11.3 Å². The van der Waals surface area contributed by atoms with Gasteiger partial charge in [-0.05, 0) is 45.8 Å². The highest BCUT2D eigenvalue weighted by Gasteiger charge is 2.02. The minimum absolute atomic E-state index is 0.266. The summed E-state index contributed by atoms with van der Waals surface area (Å²) in [6.07, 6.45) is 4.77. The van der Waals surface area contributed by atoms with Gasteiger partial charge in [0.25, 0.3) is 0 Å². The van der Waals surface area contributed by atoms with Crippen LogP contribution in [0.3, 0.4) is 0 Å². The minimum atomic E-state index is -0.266. The molecular formula is C14H11BrFN5. The number of halogens is 2. The Morgan fingerprint density at radius 1 is 1.24 bits per heavy atom. The Bertz CT molecular complexity index is 728. The van der Waals surface area contributed by atoms with Crippen molar-refractivity contribution in [3.8, 4) is 5.82 Å². The molecular weight excluding hydrogens is 337 g/mol. The molecule has 21 heavy (non-hydrogen) atoms. The molecule has 0 atom stereocenters. The summed E-state index contributed by atoms with van der Waals surface area (Å²) in [4.78, 5) is 8.17. The Hall–Kier alpha value is -2.28. The maximum Gasteiger partial charge on any atom is 0.155 e. The SMILES string of the molecule is Fc1ccc(CNc2ccc(-n3cncn3)nc2)cc1Br. The van der Waals surface area contributed by atoms with E-state index in [2.05, 4.69) is 36.3 Å². The van der Waals surface area contributed by atoms with E-state index in [4.69, 9.17) is 0 Å². The monoisotopic (exact) mass is 347 g/mol. The zero-order valence-corrected chi connectivity index (χ0v) is 12.5. The van der Waals surface area contributed by atoms with Gasteiger partial charge in [-0.3, -0.25) is 0 Å². The first-order valence-corrected chi connectivity index (χ1v) is 7.00. The third-order valence-electron chi connectivity index (χ3n) is 2.88. The number of hydrogen-bond donors (Lipinski definition) is 1. The molecule has 0 amide bonds. The van der Waals surface area contributed by atoms with E-state index in [1.54, 1.807) is 29.3 Å². The third-order valence-corrected chi connectivity index (χ3v) is 3.49. The zero-order valence-electron chi connectivity index (χ0n) is 10.9. The molecule has 0 aliphatic rings. The van der Waals surface area contributed by atoms with Gasteiger partial charge in [0.05, 0.1) is 16.4 Å². The van der Waals surface area contributed by atoms with Crippen LogP contribution < -0.4 is 5.32 Å². The summed E-state index contributed by atoms with van der Waals surface area (Å²) >= 11 is 3.17. The molecule has 1 N–H and O–H groups in total. The largest absolute Gasteiger partial charge is 0.380 e. The van der Waals surface area contributed by atoms with E-state index in [9.17, 15) is 4.39 Å². The lowest BCUT2D eigenvalue weighted by Crippen LogP contribution is -2.02. The fraction of sp³-hybridized carbons (Fsp3) is 0.0714. The van der Waals surface area contributed by atoms with Crippen LogP contribution in [0.1, 0.15) is 5.56 Å². The van der Waals surface area contributed by atoms with Gasteiger partial charge in [-0.25, -0.2) is 19.0 Å². The van der Waals surface area contributed by atoms with E-state index in [1.165, 1.54) is 12.4 Å². The number of anilines is 1. The van der Waals surface area contributed by atoms with Gasteiger partial charge < -0.3 is 5.32 Å². The first kappa shape index (κ1) is 13.7. The number of hydrogen-bond acceptors (Lipinski definition) is 4. The molecule has 2 heterocycles. The molecule has 2 aromatic heterocycles. The van der Waals surface area contributed by atoms with Crippen molar-refractivity contribution in [2.45, 2.75) is 6.54 Å². The van der Waals surface area contributed by atoms with Crippen molar-refractivity contribution < 1.29 is 4.39 Å². The van der Waals surface area contributed by atoms with E-state index < -0.39 is 0 Å². The number of aromatic nitrogens is 4. The fourth-order valence-electron chi connectivity index (χ4n) is 1.81. The van der Waals surface area contributed by atoms with Gasteiger partial charge in [0.2, 0.25) is 0 Å². The van der Waals surface area contributed by atoms with Crippen LogP contribution in [-0.2, 0) is 6.54 Å². The zero-order chi connectivity index (χ0) is 14.7. The van der Waals surface area contributed by atoms with Gasteiger partial charge >= 0.3 is 0 Å². The predicted molar refractivity (Wildman–Crippen MR) is 80.6 cm³/mol. The Labute approximate surface area is 129 Å². The van der Waals surface area contributed by atoms with E-state index in [-0.39, 0.29) is 5.82 Å². The van der Waals surface area contributed by atoms with Gasteiger partial charge in [-0.15, -0.1) is 0 Å². The highest BCUT2D eigenvalue weighted by atomic mass is 79.9. The number of nitrogens with zero attached hydrogens (tertiary/aromatic N) is 4. The van der Waals surface area contributed by atoms with Crippen LogP contribution in [0.25, 0.3) is 5.82 Å². The van der Waals surface area contributed by atoms with Crippen molar-refractivity contribution in [2.24, 2.45) is 0 Å². The average Bonchev–Trinajstić information content (AvgIpc) is 3.03. The Balaban J connectivity index is 1.66. The average molecular weight is 348 g/mol. The Kier molecular flexibility index (Phi) is 3.92. The lowest BCUT2D eigenvalue weighted by Gasteiger charge is -2.07. The molecule has 0 fully saturated rings. The fourth-order valence-corrected chi connectivity index (χ4v) is 2.23. The first-order chi connectivity index (χ1) is 10.2. The lowest BCUT2D eigenvalue weighted by molar-refractivity contribution is 0.620. The summed E-state index contributed by atoms with van der Waals surface area (Å²) in [5.74, 6) is 0.431. The number of benzene rings is 1. The molecule has 7 heteroatoms. The second-order valence-corrected chi connectivity index (χ2v) is 5.20. The predicted octanol–water partition coefficient (Wildman–Crippen LogP) is 3.18. The summed E-state index contributed by atoms with van der Waals surface area (Å²) < 4.78 is 15.2. The smallest absolute Gasteiger partial charge is 0.155 e. The molecule has 0 unspecified atom stereocenters. The van der Waals surface area contributed by atoms with Crippen molar-refractivity contribution in [1.29, 1.82) is 0 Å². The van der Waals surface area contributed by atoms with Crippen LogP contribution >= 0.6 is 15.9 Å². The molecule has 3 aromatic rings. The van der Waals surface area contributed by atoms with Crippen molar-refractivity contribution in [2.75, 3.05) is 5.32 Å². The summed E-state index contributed by atoms with van der Waals surface area (Å²) in [5.41, 5.74) is 1.85. The van der Waals surface area contributed by atoms with Crippen LogP contribution in [0.5, 0.6) is 0 Å². The summed E-state index contributed by atoms with van der Waals surface area (Å²) in [5, 5.41) is 7.24. The van der Waals surface area contributed by atoms with Gasteiger partial charge in [0.15, 0.2) is 5.82 Å². The first-order valence-electron chi connectivity index (χ1n) is 6.21. The van der Waals surface area contributed by atoms with Crippen LogP contribution in [0, 0.1) is 5.82 Å². The highest BCUT2D eigenvalue weighted by molar-refractivity contribution is 9.10. The van der Waals surface area contributed by atoms with Crippen LogP contribution in [0.2, 0.25) is 0 Å². The normalized spacial score (nSPS) is 10.6. The molecule has 0 aliphatic heterocycles. The van der Waals surface area contributed by atoms with E-state index >= 15 is 0 Å². The molecule has 3 rings (SSSR count). The Morgan fingerprint density at radius 3 is 2.81 bits per heavy atom. The van der Waals surface area contributed by atoms with Crippen molar-refractivity contribution in [1.82, 2.24) is 19.7 Å². The standard InChI is InChI=1S/C14H11BrFN5/c15-12-5-10(1-3-13(12)16)6-18-11-2-4-14(19-7-11)21-9-17-8-20-21/h1-5,7-9,18H,6H2. The summed E-state index contributed by atoms with van der Waals surface area (Å²) in [7, 11) is 0. The quantitative estimate of drug-likeness (QED) is 0.787. The second-order valence-electron chi connectivity index (χ2n) is 4.35.